The van der Waals surface area contributed by atoms with Crippen molar-refractivity contribution >= 4 is 32.6 Å². The third-order valence-electron chi connectivity index (χ3n) is 4.69. The molecule has 0 aliphatic rings. The van der Waals surface area contributed by atoms with Crippen LogP contribution in [0.5, 0.6) is 0 Å². The number of amides is 1. The fraction of sp³-hybridized carbons (Fsp3) is 0.174. The summed E-state index contributed by atoms with van der Waals surface area (Å²) in [5.74, 6) is -0.856. The van der Waals surface area contributed by atoms with Gasteiger partial charge in [-0.3, -0.25) is 14.7 Å². The number of pyridine rings is 1. The molecule has 8 heteroatoms. The van der Waals surface area contributed by atoms with Crippen LogP contribution in [0.25, 0.3) is 10.2 Å². The first-order valence-electron chi connectivity index (χ1n) is 9.78. The summed E-state index contributed by atoms with van der Waals surface area (Å²) in [7, 11) is 0. The highest BCUT2D eigenvalue weighted by Crippen LogP contribution is 2.26. The minimum absolute atomic E-state index is 0.133. The van der Waals surface area contributed by atoms with Gasteiger partial charge in [0.1, 0.15) is 11.6 Å². The van der Waals surface area contributed by atoms with E-state index in [1.54, 1.807) is 24.4 Å². The normalized spacial score (nSPS) is 11.2. The van der Waals surface area contributed by atoms with E-state index in [2.05, 4.69) is 15.3 Å². The highest BCUT2D eigenvalue weighted by atomic mass is 32.1. The smallest absolute Gasteiger partial charge is 0.240 e. The van der Waals surface area contributed by atoms with Gasteiger partial charge in [-0.15, -0.1) is 0 Å². The third kappa shape index (κ3) is 5.90. The lowest BCUT2D eigenvalue weighted by molar-refractivity contribution is -0.117. The Kier molecular flexibility index (Phi) is 6.59. The van der Waals surface area contributed by atoms with Crippen molar-refractivity contribution in [1.82, 2.24) is 14.9 Å². The molecule has 0 unspecified atom stereocenters. The Bertz CT molecular complexity index is 1170. The molecule has 2 heterocycles. The lowest BCUT2D eigenvalue weighted by Crippen LogP contribution is -2.34. The van der Waals surface area contributed by atoms with Crippen molar-refractivity contribution in [2.24, 2.45) is 0 Å². The van der Waals surface area contributed by atoms with Gasteiger partial charge in [0, 0.05) is 31.4 Å². The summed E-state index contributed by atoms with van der Waals surface area (Å²) in [5.41, 5.74) is 2.48. The van der Waals surface area contributed by atoms with Crippen molar-refractivity contribution < 1.29 is 13.6 Å². The molecule has 4 aromatic rings. The predicted octanol–water partition coefficient (Wildman–Crippen LogP) is 4.65. The minimum atomic E-state index is -0.339. The summed E-state index contributed by atoms with van der Waals surface area (Å²) >= 11 is 1.23. The first-order chi connectivity index (χ1) is 15.0. The Morgan fingerprint density at radius 2 is 1.84 bits per heavy atom. The van der Waals surface area contributed by atoms with E-state index in [0.717, 1.165) is 11.3 Å². The summed E-state index contributed by atoms with van der Waals surface area (Å²) in [6.07, 6.45) is 2.41. The van der Waals surface area contributed by atoms with E-state index in [0.29, 0.717) is 34.9 Å². The Balaban J connectivity index is 1.43. The molecule has 31 heavy (non-hydrogen) atoms. The molecule has 0 saturated carbocycles. The van der Waals surface area contributed by atoms with Crippen molar-refractivity contribution in [3.8, 4) is 0 Å². The van der Waals surface area contributed by atoms with Crippen LogP contribution in [-0.2, 0) is 17.8 Å². The van der Waals surface area contributed by atoms with E-state index in [-0.39, 0.29) is 24.1 Å². The molecular formula is C23H20F2N4OS. The maximum Gasteiger partial charge on any atom is 0.240 e. The predicted molar refractivity (Wildman–Crippen MR) is 118 cm³/mol. The summed E-state index contributed by atoms with van der Waals surface area (Å²) in [6.45, 7) is 1.23. The highest BCUT2D eigenvalue weighted by molar-refractivity contribution is 7.22. The molecule has 0 bridgehead atoms. The van der Waals surface area contributed by atoms with Crippen LogP contribution in [0.4, 0.5) is 13.9 Å². The van der Waals surface area contributed by atoms with Gasteiger partial charge in [0.25, 0.3) is 0 Å². The number of carbonyl (C=O) groups excluding carboxylic acids is 1. The van der Waals surface area contributed by atoms with Crippen LogP contribution in [0, 0.1) is 11.6 Å². The van der Waals surface area contributed by atoms with Gasteiger partial charge in [-0.25, -0.2) is 13.8 Å². The molecule has 0 atom stereocenters. The molecule has 0 radical (unpaired) electrons. The van der Waals surface area contributed by atoms with Crippen molar-refractivity contribution in [3.63, 3.8) is 0 Å². The average Bonchev–Trinajstić information content (AvgIpc) is 3.15. The molecule has 4 rings (SSSR count). The zero-order valence-electron chi connectivity index (χ0n) is 16.6. The van der Waals surface area contributed by atoms with Crippen LogP contribution in [0.2, 0.25) is 0 Å². The highest BCUT2D eigenvalue weighted by Gasteiger charge is 2.14. The van der Waals surface area contributed by atoms with Gasteiger partial charge in [0.2, 0.25) is 5.91 Å². The summed E-state index contributed by atoms with van der Waals surface area (Å²) in [6, 6.07) is 16.3. The van der Waals surface area contributed by atoms with Crippen LogP contribution >= 0.6 is 11.3 Å². The Labute approximate surface area is 182 Å². The fourth-order valence-electron chi connectivity index (χ4n) is 3.19. The zero-order valence-corrected chi connectivity index (χ0v) is 17.4. The second-order valence-electron chi connectivity index (χ2n) is 7.09. The number of aromatic nitrogens is 2. The molecule has 2 aromatic carbocycles. The number of carbonyl (C=O) groups is 1. The maximum atomic E-state index is 13.4. The minimum Gasteiger partial charge on any atom is -0.301 e. The van der Waals surface area contributed by atoms with Crippen molar-refractivity contribution in [3.05, 3.63) is 89.8 Å². The number of anilines is 1. The molecule has 0 aliphatic heterocycles. The Morgan fingerprint density at radius 1 is 1.03 bits per heavy atom. The van der Waals surface area contributed by atoms with Gasteiger partial charge in [-0.1, -0.05) is 29.5 Å². The maximum absolute atomic E-state index is 13.4. The van der Waals surface area contributed by atoms with E-state index in [1.165, 1.54) is 35.6 Å². The zero-order chi connectivity index (χ0) is 21.6. The fourth-order valence-corrected chi connectivity index (χ4v) is 4.10. The van der Waals surface area contributed by atoms with E-state index in [1.807, 2.05) is 23.1 Å². The van der Waals surface area contributed by atoms with Gasteiger partial charge < -0.3 is 5.32 Å². The van der Waals surface area contributed by atoms with Crippen molar-refractivity contribution in [1.29, 1.82) is 0 Å². The standard InChI is InChI=1S/C23H20F2N4OS/c24-17-6-4-16(5-7-17)14-29(12-10-19-3-1-2-11-26-19)15-22(30)28-23-27-20-9-8-18(25)13-21(20)31-23/h1-9,11,13H,10,12,14-15H2,(H,27,28,30). The topological polar surface area (TPSA) is 58.1 Å². The molecule has 0 spiro atoms. The lowest BCUT2D eigenvalue weighted by atomic mass is 10.2. The van der Waals surface area contributed by atoms with Gasteiger partial charge in [-0.05, 0) is 48.0 Å². The first kappa shape index (κ1) is 21.0. The van der Waals surface area contributed by atoms with E-state index in [9.17, 15) is 13.6 Å². The Hall–Kier alpha value is -3.23. The van der Waals surface area contributed by atoms with Gasteiger partial charge in [0.05, 0.1) is 16.8 Å². The van der Waals surface area contributed by atoms with Crippen molar-refractivity contribution in [2.75, 3.05) is 18.4 Å². The first-order valence-corrected chi connectivity index (χ1v) is 10.6. The Morgan fingerprint density at radius 3 is 2.61 bits per heavy atom. The molecule has 5 nitrogen and oxygen atoms in total. The van der Waals surface area contributed by atoms with Crippen LogP contribution in [0.1, 0.15) is 11.3 Å². The summed E-state index contributed by atoms with van der Waals surface area (Å²) in [5, 5.41) is 3.23. The number of nitrogens with zero attached hydrogens (tertiary/aromatic N) is 3. The van der Waals surface area contributed by atoms with E-state index >= 15 is 0 Å². The number of thiazole rings is 1. The van der Waals surface area contributed by atoms with Gasteiger partial charge >= 0.3 is 0 Å². The molecular weight excluding hydrogens is 418 g/mol. The molecule has 0 fully saturated rings. The molecule has 0 aliphatic carbocycles. The van der Waals surface area contributed by atoms with E-state index in [4.69, 9.17) is 0 Å². The average molecular weight is 439 g/mol. The van der Waals surface area contributed by atoms with Crippen LogP contribution < -0.4 is 5.32 Å². The quantitative estimate of drug-likeness (QED) is 0.435. The van der Waals surface area contributed by atoms with Crippen LogP contribution in [0.3, 0.4) is 0 Å². The second-order valence-corrected chi connectivity index (χ2v) is 8.12. The van der Waals surface area contributed by atoms with Gasteiger partial charge in [0.15, 0.2) is 5.13 Å². The SMILES string of the molecule is O=C(CN(CCc1ccccn1)Cc1ccc(F)cc1)Nc1nc2ccc(F)cc2s1. The number of nitrogens with one attached hydrogen (secondary N) is 1. The number of fused-ring (bicyclic) bond motifs is 1. The molecule has 0 saturated heterocycles. The number of hydrogen-bond donors (Lipinski definition) is 1. The molecule has 158 valence electrons. The number of halogens is 2. The summed E-state index contributed by atoms with van der Waals surface area (Å²) < 4.78 is 27.3. The van der Waals surface area contributed by atoms with E-state index < -0.39 is 0 Å². The number of benzene rings is 2. The number of hydrogen-bond acceptors (Lipinski definition) is 5. The molecule has 1 N–H and O–H groups in total. The van der Waals surface area contributed by atoms with Crippen molar-refractivity contribution in [2.45, 2.75) is 13.0 Å². The third-order valence-corrected chi connectivity index (χ3v) is 5.63. The monoisotopic (exact) mass is 438 g/mol. The van der Waals surface area contributed by atoms with Crippen LogP contribution in [-0.4, -0.2) is 33.9 Å². The molecule has 1 amide bonds. The second kappa shape index (κ2) is 9.72. The summed E-state index contributed by atoms with van der Waals surface area (Å²) in [4.78, 5) is 23.3. The lowest BCUT2D eigenvalue weighted by Gasteiger charge is -2.21. The number of rotatable bonds is 8. The largest absolute Gasteiger partial charge is 0.301 e. The van der Waals surface area contributed by atoms with Gasteiger partial charge in [-0.2, -0.15) is 0 Å². The molecule has 2 aromatic heterocycles. The van der Waals surface area contributed by atoms with Crippen LogP contribution in [0.15, 0.2) is 66.9 Å².